The molecule has 1 aliphatic heterocycles. The summed E-state index contributed by atoms with van der Waals surface area (Å²) in [5, 5.41) is 3.96. The molecule has 1 amide bonds. The maximum Gasteiger partial charge on any atom is 0.246 e. The second kappa shape index (κ2) is 9.80. The summed E-state index contributed by atoms with van der Waals surface area (Å²) in [6, 6.07) is 6.11. The monoisotopic (exact) mass is 438 g/mol. The highest BCUT2D eigenvalue weighted by atomic mass is 16.5. The highest BCUT2D eigenvalue weighted by Gasteiger charge is 2.38. The fourth-order valence-electron chi connectivity index (χ4n) is 5.34. The molecule has 0 N–H and O–H groups in total. The van der Waals surface area contributed by atoms with E-state index in [2.05, 4.69) is 17.0 Å². The van der Waals surface area contributed by atoms with Crippen LogP contribution < -0.4 is 9.47 Å². The first-order valence-corrected chi connectivity index (χ1v) is 11.7. The van der Waals surface area contributed by atoms with Crippen LogP contribution in [0.4, 0.5) is 0 Å². The van der Waals surface area contributed by atoms with E-state index in [0.29, 0.717) is 36.0 Å². The van der Waals surface area contributed by atoms with Gasteiger partial charge in [0, 0.05) is 18.7 Å². The van der Waals surface area contributed by atoms with Crippen molar-refractivity contribution in [2.45, 2.75) is 65.5 Å². The highest BCUT2D eigenvalue weighted by molar-refractivity contribution is 5.92. The minimum atomic E-state index is 0.117. The Bertz CT molecular complexity index is 959. The maximum atomic E-state index is 13.1. The lowest BCUT2D eigenvalue weighted by atomic mass is 9.73. The number of aryl methyl sites for hydroxylation is 2. The van der Waals surface area contributed by atoms with Gasteiger partial charge in [-0.25, -0.2) is 0 Å². The molecule has 32 heavy (non-hydrogen) atoms. The van der Waals surface area contributed by atoms with Crippen LogP contribution in [0.15, 0.2) is 28.8 Å². The molecule has 2 aliphatic rings. The first kappa shape index (κ1) is 22.4. The Kier molecular flexibility index (Phi) is 6.87. The predicted molar refractivity (Wildman–Crippen MR) is 124 cm³/mol. The summed E-state index contributed by atoms with van der Waals surface area (Å²) in [5.74, 6) is 3.40. The smallest absolute Gasteiger partial charge is 0.246 e. The van der Waals surface area contributed by atoms with Crippen molar-refractivity contribution in [3.8, 4) is 11.5 Å². The van der Waals surface area contributed by atoms with Crippen molar-refractivity contribution in [2.75, 3.05) is 13.7 Å². The molecule has 1 aromatic heterocycles. The van der Waals surface area contributed by atoms with Crippen LogP contribution in [0.5, 0.6) is 11.5 Å². The molecule has 2 aromatic rings. The average molecular weight is 439 g/mol. The lowest BCUT2D eigenvalue weighted by Crippen LogP contribution is -2.52. The molecular formula is C26H34N2O4. The van der Waals surface area contributed by atoms with Gasteiger partial charge in [0.05, 0.1) is 18.4 Å². The van der Waals surface area contributed by atoms with E-state index in [4.69, 9.17) is 14.0 Å². The van der Waals surface area contributed by atoms with Gasteiger partial charge < -0.3 is 18.9 Å². The van der Waals surface area contributed by atoms with Gasteiger partial charge in [-0.3, -0.25) is 4.79 Å². The lowest BCUT2D eigenvalue weighted by molar-refractivity contribution is -0.133. The van der Waals surface area contributed by atoms with E-state index in [9.17, 15) is 4.79 Å². The minimum absolute atomic E-state index is 0.117. The Labute approximate surface area is 190 Å². The van der Waals surface area contributed by atoms with E-state index >= 15 is 0 Å². The van der Waals surface area contributed by atoms with Gasteiger partial charge >= 0.3 is 0 Å². The first-order chi connectivity index (χ1) is 15.5. The summed E-state index contributed by atoms with van der Waals surface area (Å²) in [6.45, 7) is 7.31. The second-order valence-electron chi connectivity index (χ2n) is 9.17. The number of ether oxygens (including phenoxy) is 2. The number of nitrogens with zero attached hydrogens (tertiary/aromatic N) is 2. The number of benzene rings is 1. The number of amides is 1. The normalized spacial score (nSPS) is 23.2. The van der Waals surface area contributed by atoms with Crippen molar-refractivity contribution < 1.29 is 18.8 Å². The molecule has 3 unspecified atom stereocenters. The molecule has 3 atom stereocenters. The number of hydrogen-bond acceptors (Lipinski definition) is 5. The number of likely N-dealkylation sites (tertiary alicyclic amines) is 1. The van der Waals surface area contributed by atoms with Crippen LogP contribution in [0.1, 0.15) is 61.6 Å². The van der Waals surface area contributed by atoms with E-state index in [-0.39, 0.29) is 5.91 Å². The number of fused-ring (bicyclic) bond motifs is 1. The number of hydrogen-bond donors (Lipinski definition) is 0. The zero-order valence-corrected chi connectivity index (χ0v) is 19.6. The first-order valence-electron chi connectivity index (χ1n) is 11.7. The fraction of sp³-hybridized carbons (Fsp3) is 0.538. The summed E-state index contributed by atoms with van der Waals surface area (Å²) in [6.07, 6.45) is 9.73. The van der Waals surface area contributed by atoms with Crippen LogP contribution in [-0.2, 0) is 11.4 Å². The van der Waals surface area contributed by atoms with Gasteiger partial charge in [0.2, 0.25) is 5.91 Å². The molecule has 2 fully saturated rings. The number of carbonyl (C=O) groups excluding carboxylic acids is 1. The molecule has 4 rings (SSSR count). The molecule has 1 saturated carbocycles. The van der Waals surface area contributed by atoms with E-state index in [1.54, 1.807) is 13.2 Å². The van der Waals surface area contributed by atoms with Crippen molar-refractivity contribution in [3.63, 3.8) is 0 Å². The standard InChI is InChI=1S/C26H34N2O4/c1-17-7-5-8-21-9-6-14-28(26(17)21)25(29)13-11-20-10-12-23(24(15-20)30-4)31-16-22-18(2)27-32-19(22)3/h10-13,15,17,21,26H,5-9,14,16H2,1-4H3. The van der Waals surface area contributed by atoms with Crippen LogP contribution in [0.25, 0.3) is 6.08 Å². The topological polar surface area (TPSA) is 64.8 Å². The third kappa shape index (κ3) is 4.69. The number of aromatic nitrogens is 1. The van der Waals surface area contributed by atoms with Gasteiger partial charge in [-0.15, -0.1) is 0 Å². The van der Waals surface area contributed by atoms with Crippen molar-refractivity contribution in [3.05, 3.63) is 46.9 Å². The van der Waals surface area contributed by atoms with Crippen LogP contribution in [0.3, 0.4) is 0 Å². The summed E-state index contributed by atoms with van der Waals surface area (Å²) in [4.78, 5) is 15.2. The van der Waals surface area contributed by atoms with Gasteiger partial charge in [0.1, 0.15) is 12.4 Å². The molecule has 1 aromatic carbocycles. The molecule has 0 spiro atoms. The Hall–Kier alpha value is -2.76. The van der Waals surface area contributed by atoms with Gasteiger partial charge in [-0.1, -0.05) is 24.6 Å². The zero-order valence-electron chi connectivity index (χ0n) is 19.6. The molecule has 6 heteroatoms. The number of rotatable bonds is 6. The highest BCUT2D eigenvalue weighted by Crippen LogP contribution is 2.39. The number of piperidine rings is 1. The van der Waals surface area contributed by atoms with E-state index in [0.717, 1.165) is 35.5 Å². The van der Waals surface area contributed by atoms with Crippen LogP contribution >= 0.6 is 0 Å². The van der Waals surface area contributed by atoms with Crippen molar-refractivity contribution >= 4 is 12.0 Å². The quantitative estimate of drug-likeness (QED) is 0.571. The molecule has 172 valence electrons. The van der Waals surface area contributed by atoms with Gasteiger partial charge in [0.15, 0.2) is 11.5 Å². The number of carbonyl (C=O) groups is 1. The predicted octanol–water partition coefficient (Wildman–Crippen LogP) is 5.32. The second-order valence-corrected chi connectivity index (χ2v) is 9.17. The average Bonchev–Trinajstić information content (AvgIpc) is 3.13. The Morgan fingerprint density at radius 1 is 1.22 bits per heavy atom. The van der Waals surface area contributed by atoms with Gasteiger partial charge in [-0.2, -0.15) is 0 Å². The minimum Gasteiger partial charge on any atom is -0.493 e. The third-order valence-corrected chi connectivity index (χ3v) is 7.08. The largest absolute Gasteiger partial charge is 0.493 e. The van der Waals surface area contributed by atoms with Crippen molar-refractivity contribution in [1.82, 2.24) is 10.1 Å². The van der Waals surface area contributed by atoms with Crippen molar-refractivity contribution in [2.24, 2.45) is 11.8 Å². The molecule has 1 aliphatic carbocycles. The molecular weight excluding hydrogens is 404 g/mol. The van der Waals surface area contributed by atoms with Crippen LogP contribution in [-0.4, -0.2) is 35.7 Å². The SMILES string of the molecule is COc1cc(C=CC(=O)N2CCCC3CCCC(C)C32)ccc1OCc1c(C)noc1C. The lowest BCUT2D eigenvalue weighted by Gasteiger charge is -2.47. The summed E-state index contributed by atoms with van der Waals surface area (Å²) >= 11 is 0. The number of methoxy groups -OCH3 is 1. The van der Waals surface area contributed by atoms with E-state index in [1.165, 1.54) is 25.7 Å². The zero-order chi connectivity index (χ0) is 22.7. The summed E-state index contributed by atoms with van der Waals surface area (Å²) in [7, 11) is 1.62. The molecule has 0 radical (unpaired) electrons. The fourth-order valence-corrected chi connectivity index (χ4v) is 5.34. The Balaban J connectivity index is 1.44. The summed E-state index contributed by atoms with van der Waals surface area (Å²) in [5.41, 5.74) is 2.68. The Morgan fingerprint density at radius 2 is 2.03 bits per heavy atom. The maximum absolute atomic E-state index is 13.1. The van der Waals surface area contributed by atoms with Crippen LogP contribution in [0, 0.1) is 25.7 Å². The van der Waals surface area contributed by atoms with Crippen molar-refractivity contribution in [1.29, 1.82) is 0 Å². The van der Waals surface area contributed by atoms with E-state index in [1.807, 2.05) is 38.1 Å². The van der Waals surface area contributed by atoms with Crippen LogP contribution in [0.2, 0.25) is 0 Å². The van der Waals surface area contributed by atoms with E-state index < -0.39 is 0 Å². The molecule has 2 heterocycles. The molecule has 0 bridgehead atoms. The molecule has 6 nitrogen and oxygen atoms in total. The van der Waals surface area contributed by atoms with Gasteiger partial charge in [-0.05, 0) is 75.1 Å². The third-order valence-electron chi connectivity index (χ3n) is 7.08. The Morgan fingerprint density at radius 3 is 2.78 bits per heavy atom. The van der Waals surface area contributed by atoms with Gasteiger partial charge in [0.25, 0.3) is 0 Å². The summed E-state index contributed by atoms with van der Waals surface area (Å²) < 4.78 is 16.7. The molecule has 1 saturated heterocycles.